The molecule has 1 aliphatic rings. The number of hydrazone groups is 1. The van der Waals surface area contributed by atoms with E-state index >= 15 is 0 Å². The van der Waals surface area contributed by atoms with Gasteiger partial charge in [-0.2, -0.15) is 5.10 Å². The molecule has 1 heterocycles. The number of amides is 2. The maximum Gasteiger partial charge on any atom is 0.329 e. The minimum atomic E-state index is -0.780. The number of rotatable bonds is 5. The molecule has 0 aromatic heterocycles. The van der Waals surface area contributed by atoms with Gasteiger partial charge in [0.05, 0.1) is 12.3 Å². The number of hydrogen-bond acceptors (Lipinski definition) is 6. The van der Waals surface area contributed by atoms with Crippen molar-refractivity contribution >= 4 is 40.1 Å². The van der Waals surface area contributed by atoms with Crippen LogP contribution in [0.2, 0.25) is 0 Å². The van der Waals surface area contributed by atoms with Gasteiger partial charge in [0.15, 0.2) is 5.17 Å². The zero-order chi connectivity index (χ0) is 19.1. The van der Waals surface area contributed by atoms with Crippen molar-refractivity contribution in [2.45, 2.75) is 45.4 Å². The highest BCUT2D eigenvalue weighted by atomic mass is 32.2. The first-order valence-electron chi connectivity index (χ1n) is 8.62. The van der Waals surface area contributed by atoms with Crippen molar-refractivity contribution in [1.82, 2.24) is 10.7 Å². The smallest absolute Gasteiger partial charge is 0.329 e. The monoisotopic (exact) mass is 375 g/mol. The SMILES string of the molecule is CC[C@H]1CN=C(Nc2ccc(/C(C)=N\NC(=O)C(=O)NC(C)C)cc2)S1. The summed E-state index contributed by atoms with van der Waals surface area (Å²) in [6, 6.07) is 7.57. The Morgan fingerprint density at radius 1 is 1.27 bits per heavy atom. The van der Waals surface area contributed by atoms with Crippen LogP contribution in [0.5, 0.6) is 0 Å². The summed E-state index contributed by atoms with van der Waals surface area (Å²) in [5, 5.41) is 11.3. The Morgan fingerprint density at radius 3 is 2.54 bits per heavy atom. The van der Waals surface area contributed by atoms with Crippen molar-refractivity contribution in [2.24, 2.45) is 10.1 Å². The highest BCUT2D eigenvalue weighted by Crippen LogP contribution is 2.24. The predicted molar refractivity (Wildman–Crippen MR) is 108 cm³/mol. The first-order valence-corrected chi connectivity index (χ1v) is 9.50. The lowest BCUT2D eigenvalue weighted by Gasteiger charge is -2.09. The van der Waals surface area contributed by atoms with Gasteiger partial charge in [0.2, 0.25) is 0 Å². The lowest BCUT2D eigenvalue weighted by atomic mass is 10.1. The maximum absolute atomic E-state index is 11.7. The van der Waals surface area contributed by atoms with E-state index in [2.05, 4.69) is 33.1 Å². The zero-order valence-corrected chi connectivity index (χ0v) is 16.3. The number of thioether (sulfide) groups is 1. The minimum absolute atomic E-state index is 0.103. The van der Waals surface area contributed by atoms with Gasteiger partial charge in [-0.3, -0.25) is 14.6 Å². The van der Waals surface area contributed by atoms with Gasteiger partial charge in [-0.05, 0) is 44.9 Å². The number of hydrogen-bond donors (Lipinski definition) is 3. The molecule has 2 rings (SSSR count). The number of nitrogens with zero attached hydrogens (tertiary/aromatic N) is 2. The van der Waals surface area contributed by atoms with E-state index in [0.717, 1.165) is 29.4 Å². The number of anilines is 1. The third-order valence-electron chi connectivity index (χ3n) is 3.68. The van der Waals surface area contributed by atoms with E-state index < -0.39 is 11.8 Å². The van der Waals surface area contributed by atoms with Gasteiger partial charge >= 0.3 is 11.8 Å². The van der Waals surface area contributed by atoms with Crippen LogP contribution in [0.25, 0.3) is 0 Å². The predicted octanol–water partition coefficient (Wildman–Crippen LogP) is 2.34. The number of benzene rings is 1. The average Bonchev–Trinajstić information content (AvgIpc) is 3.07. The number of amidine groups is 1. The molecule has 0 radical (unpaired) electrons. The van der Waals surface area contributed by atoms with Crippen LogP contribution in [0.3, 0.4) is 0 Å². The van der Waals surface area contributed by atoms with E-state index in [1.807, 2.05) is 24.3 Å². The van der Waals surface area contributed by atoms with Crippen LogP contribution in [0.4, 0.5) is 5.69 Å². The molecule has 1 aromatic carbocycles. The van der Waals surface area contributed by atoms with Gasteiger partial charge in [-0.1, -0.05) is 30.8 Å². The van der Waals surface area contributed by atoms with Crippen LogP contribution in [0.1, 0.15) is 39.7 Å². The average molecular weight is 375 g/mol. The highest BCUT2D eigenvalue weighted by Gasteiger charge is 2.17. The standard InChI is InChI=1S/C18H25N5O2S/c1-5-15-10-19-18(26-15)21-14-8-6-13(7-9-14)12(4)22-23-17(25)16(24)20-11(2)3/h6-9,11,15H,5,10H2,1-4H3,(H,19,21)(H,20,24)(H,23,25)/b22-12-/t15-/m0/s1. The Kier molecular flexibility index (Phi) is 7.20. The molecule has 140 valence electrons. The first kappa shape index (κ1) is 20.0. The van der Waals surface area contributed by atoms with Crippen molar-refractivity contribution < 1.29 is 9.59 Å². The van der Waals surface area contributed by atoms with Crippen LogP contribution >= 0.6 is 11.8 Å². The molecule has 1 atom stereocenters. The molecule has 0 saturated heterocycles. The van der Waals surface area contributed by atoms with Gasteiger partial charge in [0.25, 0.3) is 0 Å². The molecule has 2 amide bonds. The van der Waals surface area contributed by atoms with Crippen molar-refractivity contribution in [3.8, 4) is 0 Å². The topological polar surface area (TPSA) is 94.9 Å². The van der Waals surface area contributed by atoms with Gasteiger partial charge < -0.3 is 10.6 Å². The second-order valence-electron chi connectivity index (χ2n) is 6.26. The quantitative estimate of drug-likeness (QED) is 0.418. The molecule has 0 fully saturated rings. The second-order valence-corrected chi connectivity index (χ2v) is 7.55. The maximum atomic E-state index is 11.7. The Morgan fingerprint density at radius 2 is 1.96 bits per heavy atom. The van der Waals surface area contributed by atoms with Crippen molar-refractivity contribution in [2.75, 3.05) is 11.9 Å². The summed E-state index contributed by atoms with van der Waals surface area (Å²) in [6.45, 7) is 8.36. The Balaban J connectivity index is 1.90. The largest absolute Gasteiger partial charge is 0.346 e. The molecule has 3 N–H and O–H groups in total. The normalized spacial score (nSPS) is 17.0. The number of carbonyl (C=O) groups excluding carboxylic acids is 2. The highest BCUT2D eigenvalue weighted by molar-refractivity contribution is 8.15. The summed E-state index contributed by atoms with van der Waals surface area (Å²) in [5.74, 6) is -1.48. The molecular formula is C18H25N5O2S. The number of aliphatic imine (C=N–C) groups is 1. The lowest BCUT2D eigenvalue weighted by molar-refractivity contribution is -0.139. The molecule has 0 saturated carbocycles. The minimum Gasteiger partial charge on any atom is -0.346 e. The molecular weight excluding hydrogens is 350 g/mol. The summed E-state index contributed by atoms with van der Waals surface area (Å²) >= 11 is 1.76. The van der Waals surface area contributed by atoms with Crippen LogP contribution in [0.15, 0.2) is 34.4 Å². The third-order valence-corrected chi connectivity index (χ3v) is 4.95. The van der Waals surface area contributed by atoms with E-state index in [4.69, 9.17) is 0 Å². The van der Waals surface area contributed by atoms with E-state index in [0.29, 0.717) is 11.0 Å². The molecule has 26 heavy (non-hydrogen) atoms. The molecule has 0 bridgehead atoms. The molecule has 8 heteroatoms. The Hall–Kier alpha value is -2.35. The summed E-state index contributed by atoms with van der Waals surface area (Å²) in [5.41, 5.74) is 4.68. The molecule has 1 aromatic rings. The fraction of sp³-hybridized carbons (Fsp3) is 0.444. The van der Waals surface area contributed by atoms with Gasteiger partial charge in [-0.25, -0.2) is 5.43 Å². The fourth-order valence-electron chi connectivity index (χ4n) is 2.19. The van der Waals surface area contributed by atoms with Crippen LogP contribution in [-0.4, -0.2) is 40.5 Å². The third kappa shape index (κ3) is 5.87. The summed E-state index contributed by atoms with van der Waals surface area (Å²) < 4.78 is 0. The van der Waals surface area contributed by atoms with Gasteiger partial charge in [0.1, 0.15) is 0 Å². The van der Waals surface area contributed by atoms with Gasteiger partial charge in [0, 0.05) is 17.0 Å². The summed E-state index contributed by atoms with van der Waals surface area (Å²) in [4.78, 5) is 27.7. The van der Waals surface area contributed by atoms with Crippen molar-refractivity contribution in [3.63, 3.8) is 0 Å². The van der Waals surface area contributed by atoms with E-state index in [1.54, 1.807) is 32.5 Å². The molecule has 0 spiro atoms. The summed E-state index contributed by atoms with van der Waals surface area (Å²) in [7, 11) is 0. The van der Waals surface area contributed by atoms with Gasteiger partial charge in [-0.15, -0.1) is 0 Å². The Labute approximate surface area is 158 Å². The lowest BCUT2D eigenvalue weighted by Crippen LogP contribution is -2.41. The fourth-order valence-corrected chi connectivity index (χ4v) is 3.15. The Bertz CT molecular complexity index is 713. The van der Waals surface area contributed by atoms with Crippen LogP contribution < -0.4 is 16.1 Å². The zero-order valence-electron chi connectivity index (χ0n) is 15.5. The number of nitrogens with one attached hydrogen (secondary N) is 3. The van der Waals surface area contributed by atoms with Crippen molar-refractivity contribution in [1.29, 1.82) is 0 Å². The van der Waals surface area contributed by atoms with E-state index in [-0.39, 0.29) is 6.04 Å². The molecule has 7 nitrogen and oxygen atoms in total. The van der Waals surface area contributed by atoms with E-state index in [1.165, 1.54) is 0 Å². The van der Waals surface area contributed by atoms with Crippen LogP contribution in [-0.2, 0) is 9.59 Å². The van der Waals surface area contributed by atoms with E-state index in [9.17, 15) is 9.59 Å². The first-order chi connectivity index (χ1) is 12.4. The second kappa shape index (κ2) is 9.38. The molecule has 0 unspecified atom stereocenters. The van der Waals surface area contributed by atoms with Crippen LogP contribution in [0, 0.1) is 0 Å². The summed E-state index contributed by atoms with van der Waals surface area (Å²) in [6.07, 6.45) is 1.11. The number of carbonyl (C=O) groups is 2. The molecule has 1 aliphatic heterocycles. The molecule has 0 aliphatic carbocycles. The van der Waals surface area contributed by atoms with Crippen molar-refractivity contribution in [3.05, 3.63) is 29.8 Å².